The van der Waals surface area contributed by atoms with Gasteiger partial charge in [0.25, 0.3) is 0 Å². The summed E-state index contributed by atoms with van der Waals surface area (Å²) in [4.78, 5) is 9.18. The van der Waals surface area contributed by atoms with Gasteiger partial charge in [-0.15, -0.1) is 0 Å². The van der Waals surface area contributed by atoms with Crippen molar-refractivity contribution in [2.45, 2.75) is 39.7 Å². The zero-order valence-electron chi connectivity index (χ0n) is 9.33. The Hall–Kier alpha value is -1.12. The normalized spacial score (nSPS) is 17.6. The number of hydrogen-bond donors (Lipinski definition) is 0. The van der Waals surface area contributed by atoms with Gasteiger partial charge >= 0.3 is 0 Å². The van der Waals surface area contributed by atoms with Crippen LogP contribution in [-0.4, -0.2) is 15.6 Å². The average molecular weight is 191 g/mol. The highest BCUT2D eigenvalue weighted by molar-refractivity contribution is 5.14. The van der Waals surface area contributed by atoms with Crippen molar-refractivity contribution < 1.29 is 0 Å². The fraction of sp³-hybridized carbons (Fsp3) is 0.636. The molecule has 1 aromatic heterocycles. The van der Waals surface area contributed by atoms with Crippen molar-refractivity contribution in [3.05, 3.63) is 22.6 Å². The zero-order valence-corrected chi connectivity index (χ0v) is 9.33. The van der Waals surface area contributed by atoms with Crippen molar-refractivity contribution in [2.75, 3.05) is 0 Å². The van der Waals surface area contributed by atoms with E-state index in [1.165, 1.54) is 18.4 Å². The van der Waals surface area contributed by atoms with Gasteiger partial charge in [0, 0.05) is 18.3 Å². The van der Waals surface area contributed by atoms with E-state index in [1.807, 2.05) is 20.9 Å². The van der Waals surface area contributed by atoms with Gasteiger partial charge in [-0.25, -0.2) is 4.98 Å². The molecule has 0 unspecified atom stereocenters. The van der Waals surface area contributed by atoms with Crippen LogP contribution in [0.15, 0.2) is 4.99 Å². The van der Waals surface area contributed by atoms with Crippen LogP contribution in [0.3, 0.4) is 0 Å². The van der Waals surface area contributed by atoms with Crippen molar-refractivity contribution in [2.24, 2.45) is 12.0 Å². The largest absolute Gasteiger partial charge is 0.318 e. The number of nitrogens with zero attached hydrogens (tertiary/aromatic N) is 3. The van der Waals surface area contributed by atoms with Gasteiger partial charge in [-0.1, -0.05) is 0 Å². The number of aryl methyl sites for hydroxylation is 2. The molecule has 0 N–H and O–H groups in total. The molecule has 0 aromatic carbocycles. The smallest absolute Gasteiger partial charge is 0.133 e. The minimum absolute atomic E-state index is 0.570. The van der Waals surface area contributed by atoms with Crippen molar-refractivity contribution in [1.82, 2.24) is 9.55 Å². The SMILES string of the molecule is Cc1nc(C)n(C)c(=NC2CC2)c1C. The van der Waals surface area contributed by atoms with Crippen LogP contribution in [0.1, 0.15) is 29.9 Å². The molecule has 3 nitrogen and oxygen atoms in total. The van der Waals surface area contributed by atoms with Crippen LogP contribution < -0.4 is 5.49 Å². The molecule has 0 bridgehead atoms. The Balaban J connectivity index is 2.66. The van der Waals surface area contributed by atoms with Crippen molar-refractivity contribution in [1.29, 1.82) is 0 Å². The Morgan fingerprint density at radius 2 is 1.93 bits per heavy atom. The van der Waals surface area contributed by atoms with Crippen LogP contribution in [0.25, 0.3) is 0 Å². The van der Waals surface area contributed by atoms with Crippen LogP contribution in [0.2, 0.25) is 0 Å². The van der Waals surface area contributed by atoms with Crippen LogP contribution in [-0.2, 0) is 7.05 Å². The van der Waals surface area contributed by atoms with Gasteiger partial charge in [-0.3, -0.25) is 4.99 Å². The third-order valence-corrected chi connectivity index (χ3v) is 2.86. The predicted molar refractivity (Wildman–Crippen MR) is 56.0 cm³/mol. The molecule has 1 aliphatic rings. The first-order chi connectivity index (χ1) is 6.59. The van der Waals surface area contributed by atoms with Crippen LogP contribution in [0.5, 0.6) is 0 Å². The maximum absolute atomic E-state index is 4.71. The van der Waals surface area contributed by atoms with Gasteiger partial charge in [-0.05, 0) is 33.6 Å². The topological polar surface area (TPSA) is 30.2 Å². The third kappa shape index (κ3) is 1.59. The van der Waals surface area contributed by atoms with E-state index in [4.69, 9.17) is 4.99 Å². The Morgan fingerprint density at radius 1 is 1.29 bits per heavy atom. The molecule has 1 aromatic rings. The highest BCUT2D eigenvalue weighted by atomic mass is 15.1. The van der Waals surface area contributed by atoms with Gasteiger partial charge in [-0.2, -0.15) is 0 Å². The molecule has 0 amide bonds. The number of aromatic nitrogens is 2. The van der Waals surface area contributed by atoms with Gasteiger partial charge in [0.1, 0.15) is 11.3 Å². The molecular weight excluding hydrogens is 174 g/mol. The minimum atomic E-state index is 0.570. The second-order valence-corrected chi connectivity index (χ2v) is 4.11. The maximum Gasteiger partial charge on any atom is 0.133 e. The van der Waals surface area contributed by atoms with Crippen LogP contribution >= 0.6 is 0 Å². The first-order valence-electron chi connectivity index (χ1n) is 5.14. The highest BCUT2D eigenvalue weighted by Crippen LogP contribution is 2.22. The average Bonchev–Trinajstić information content (AvgIpc) is 2.93. The summed E-state index contributed by atoms with van der Waals surface area (Å²) in [6.07, 6.45) is 2.50. The standard InChI is InChI=1S/C11H17N3/c1-7-8(2)12-9(3)14(4)11(7)13-10-5-6-10/h10H,5-6H2,1-4H3. The second kappa shape index (κ2) is 3.23. The Morgan fingerprint density at radius 3 is 2.50 bits per heavy atom. The lowest BCUT2D eigenvalue weighted by Gasteiger charge is -2.09. The summed E-state index contributed by atoms with van der Waals surface area (Å²) < 4.78 is 2.08. The molecule has 0 spiro atoms. The van der Waals surface area contributed by atoms with E-state index in [-0.39, 0.29) is 0 Å². The van der Waals surface area contributed by atoms with Crippen molar-refractivity contribution >= 4 is 0 Å². The summed E-state index contributed by atoms with van der Waals surface area (Å²) in [5, 5.41) is 0. The maximum atomic E-state index is 4.71. The van der Waals surface area contributed by atoms with E-state index < -0.39 is 0 Å². The molecule has 14 heavy (non-hydrogen) atoms. The van der Waals surface area contributed by atoms with Gasteiger partial charge in [0.15, 0.2) is 0 Å². The van der Waals surface area contributed by atoms with E-state index in [1.54, 1.807) is 0 Å². The van der Waals surface area contributed by atoms with Crippen LogP contribution in [0, 0.1) is 20.8 Å². The van der Waals surface area contributed by atoms with Gasteiger partial charge < -0.3 is 4.57 Å². The molecule has 1 aliphatic carbocycles. The summed E-state index contributed by atoms with van der Waals surface area (Å²) in [5.41, 5.74) is 3.42. The molecule has 0 saturated heterocycles. The first kappa shape index (κ1) is 9.44. The monoisotopic (exact) mass is 191 g/mol. The highest BCUT2D eigenvalue weighted by Gasteiger charge is 2.20. The summed E-state index contributed by atoms with van der Waals surface area (Å²) in [5.74, 6) is 1.03. The molecular formula is C11H17N3. The molecule has 1 fully saturated rings. The lowest BCUT2D eigenvalue weighted by atomic mass is 10.2. The predicted octanol–water partition coefficient (Wildman–Crippen LogP) is 1.41. The van der Waals surface area contributed by atoms with Crippen molar-refractivity contribution in [3.8, 4) is 0 Å². The van der Waals surface area contributed by atoms with Crippen molar-refractivity contribution in [3.63, 3.8) is 0 Å². The molecule has 1 heterocycles. The summed E-state index contributed by atoms with van der Waals surface area (Å²) in [7, 11) is 2.04. The summed E-state index contributed by atoms with van der Waals surface area (Å²) >= 11 is 0. The second-order valence-electron chi connectivity index (χ2n) is 4.11. The van der Waals surface area contributed by atoms with E-state index in [0.717, 1.165) is 17.0 Å². The van der Waals surface area contributed by atoms with Gasteiger partial charge in [0.05, 0.1) is 6.04 Å². The summed E-state index contributed by atoms with van der Waals surface area (Å²) in [6.45, 7) is 6.18. The summed E-state index contributed by atoms with van der Waals surface area (Å²) in [6, 6.07) is 0.570. The Kier molecular flexibility index (Phi) is 2.17. The Bertz CT molecular complexity index is 396. The van der Waals surface area contributed by atoms with E-state index in [2.05, 4.69) is 16.5 Å². The third-order valence-electron chi connectivity index (χ3n) is 2.86. The van der Waals surface area contributed by atoms with Gasteiger partial charge in [0.2, 0.25) is 0 Å². The fourth-order valence-corrected chi connectivity index (χ4v) is 1.53. The van der Waals surface area contributed by atoms with E-state index in [0.29, 0.717) is 6.04 Å². The van der Waals surface area contributed by atoms with E-state index >= 15 is 0 Å². The number of rotatable bonds is 1. The molecule has 0 radical (unpaired) electrons. The lowest BCUT2D eigenvalue weighted by molar-refractivity contribution is 0.717. The van der Waals surface area contributed by atoms with Crippen LogP contribution in [0.4, 0.5) is 0 Å². The van der Waals surface area contributed by atoms with E-state index in [9.17, 15) is 0 Å². The number of hydrogen-bond acceptors (Lipinski definition) is 2. The Labute approximate surface area is 84.5 Å². The molecule has 0 atom stereocenters. The molecule has 0 aliphatic heterocycles. The molecule has 2 rings (SSSR count). The molecule has 1 saturated carbocycles. The first-order valence-corrected chi connectivity index (χ1v) is 5.14. The molecule has 3 heteroatoms. The lowest BCUT2D eigenvalue weighted by Crippen LogP contribution is -2.26. The zero-order chi connectivity index (χ0) is 10.3. The fourth-order valence-electron chi connectivity index (χ4n) is 1.53. The quantitative estimate of drug-likeness (QED) is 0.660. The molecule has 76 valence electrons. The minimum Gasteiger partial charge on any atom is -0.318 e.